The number of Topliss-reactive ketones (excluding diaryl/α,β-unsaturated/α-hetero) is 1. The molecule has 0 radical (unpaired) electrons. The molecular formula is C20H31NO4. The van der Waals surface area contributed by atoms with Gasteiger partial charge in [-0.15, -0.1) is 0 Å². The molecule has 0 fully saturated rings. The van der Waals surface area contributed by atoms with Crippen molar-refractivity contribution in [2.75, 3.05) is 13.2 Å². The summed E-state index contributed by atoms with van der Waals surface area (Å²) in [5, 5.41) is 2.68. The fourth-order valence-corrected chi connectivity index (χ4v) is 2.23. The highest BCUT2D eigenvalue weighted by molar-refractivity contribution is 5.80. The highest BCUT2D eigenvalue weighted by atomic mass is 16.6. The molecule has 0 aromatic heterocycles. The van der Waals surface area contributed by atoms with Gasteiger partial charge < -0.3 is 14.8 Å². The van der Waals surface area contributed by atoms with Gasteiger partial charge in [0.15, 0.2) is 0 Å². The van der Waals surface area contributed by atoms with E-state index in [1.165, 1.54) is 0 Å². The van der Waals surface area contributed by atoms with Gasteiger partial charge in [0, 0.05) is 25.5 Å². The molecule has 5 nitrogen and oxygen atoms in total. The number of hydrogen-bond acceptors (Lipinski definition) is 4. The van der Waals surface area contributed by atoms with E-state index in [1.54, 1.807) is 0 Å². The van der Waals surface area contributed by atoms with Crippen molar-refractivity contribution in [2.45, 2.75) is 59.2 Å². The minimum Gasteiger partial charge on any atom is -0.444 e. The van der Waals surface area contributed by atoms with Gasteiger partial charge in [-0.2, -0.15) is 0 Å². The van der Waals surface area contributed by atoms with E-state index in [0.717, 1.165) is 12.0 Å². The third-order valence-electron chi connectivity index (χ3n) is 3.62. The zero-order chi connectivity index (χ0) is 18.7. The molecule has 1 amide bonds. The van der Waals surface area contributed by atoms with Crippen molar-refractivity contribution >= 4 is 11.9 Å². The van der Waals surface area contributed by atoms with Crippen LogP contribution in [0, 0.1) is 5.92 Å². The summed E-state index contributed by atoms with van der Waals surface area (Å²) in [7, 11) is 0. The molecule has 5 heteroatoms. The summed E-state index contributed by atoms with van der Waals surface area (Å²) in [6, 6.07) is 9.97. The minimum atomic E-state index is -0.509. The first-order valence-corrected chi connectivity index (χ1v) is 8.89. The van der Waals surface area contributed by atoms with Crippen LogP contribution in [0.1, 0.15) is 52.5 Å². The lowest BCUT2D eigenvalue weighted by atomic mass is 9.99. The van der Waals surface area contributed by atoms with Crippen LogP contribution in [0.4, 0.5) is 4.79 Å². The first-order valence-electron chi connectivity index (χ1n) is 8.89. The van der Waals surface area contributed by atoms with Crippen LogP contribution in [0.3, 0.4) is 0 Å². The van der Waals surface area contributed by atoms with Crippen LogP contribution in [-0.2, 0) is 20.9 Å². The number of carbonyl (C=O) groups excluding carboxylic acids is 2. The molecule has 1 rings (SSSR count). The molecule has 0 aliphatic carbocycles. The number of alkyl carbamates (subject to hydrolysis) is 1. The van der Waals surface area contributed by atoms with E-state index in [9.17, 15) is 9.59 Å². The lowest BCUT2D eigenvalue weighted by Crippen LogP contribution is -2.33. The summed E-state index contributed by atoms with van der Waals surface area (Å²) in [6.07, 6.45) is 1.39. The van der Waals surface area contributed by atoms with Gasteiger partial charge in [0.05, 0.1) is 6.61 Å². The Labute approximate surface area is 151 Å². The Kier molecular flexibility index (Phi) is 9.21. The predicted molar refractivity (Wildman–Crippen MR) is 98.4 cm³/mol. The standard InChI is InChI=1S/C20H31NO4/c1-16(12-13-21-19(23)25-20(2,3)4)18(22)11-8-14-24-15-17-9-6-5-7-10-17/h5-7,9-10,16H,8,11-15H2,1-4H3,(H,21,23). The van der Waals surface area contributed by atoms with Gasteiger partial charge in [-0.1, -0.05) is 37.3 Å². The third-order valence-corrected chi connectivity index (χ3v) is 3.62. The fraction of sp³-hybridized carbons (Fsp3) is 0.600. The number of ketones is 1. The predicted octanol–water partition coefficient (Wildman–Crippen LogP) is 4.10. The highest BCUT2D eigenvalue weighted by Crippen LogP contribution is 2.09. The van der Waals surface area contributed by atoms with Crippen LogP contribution < -0.4 is 5.32 Å². The zero-order valence-corrected chi connectivity index (χ0v) is 15.8. The maximum atomic E-state index is 12.1. The summed E-state index contributed by atoms with van der Waals surface area (Å²) in [6.45, 7) is 8.93. The molecule has 1 aromatic carbocycles. The van der Waals surface area contributed by atoms with Gasteiger partial charge in [0.25, 0.3) is 0 Å². The molecule has 0 bridgehead atoms. The van der Waals surface area contributed by atoms with Crippen LogP contribution in [0.15, 0.2) is 30.3 Å². The lowest BCUT2D eigenvalue weighted by Gasteiger charge is -2.20. The maximum absolute atomic E-state index is 12.1. The van der Waals surface area contributed by atoms with Crippen molar-refractivity contribution < 1.29 is 19.1 Å². The second-order valence-electron chi connectivity index (χ2n) is 7.23. The van der Waals surface area contributed by atoms with Gasteiger partial charge in [0.1, 0.15) is 11.4 Å². The third kappa shape index (κ3) is 10.6. The Morgan fingerprint density at radius 2 is 1.84 bits per heavy atom. The van der Waals surface area contributed by atoms with E-state index < -0.39 is 11.7 Å². The van der Waals surface area contributed by atoms with Crippen molar-refractivity contribution in [3.8, 4) is 0 Å². The molecule has 140 valence electrons. The smallest absolute Gasteiger partial charge is 0.407 e. The van der Waals surface area contributed by atoms with E-state index in [-0.39, 0.29) is 11.7 Å². The molecule has 1 unspecified atom stereocenters. The van der Waals surface area contributed by atoms with Crippen LogP contribution in [0.2, 0.25) is 0 Å². The Hall–Kier alpha value is -1.88. The number of ether oxygens (including phenoxy) is 2. The van der Waals surface area contributed by atoms with Gasteiger partial charge in [-0.05, 0) is 39.2 Å². The number of nitrogens with one attached hydrogen (secondary N) is 1. The molecule has 0 aliphatic heterocycles. The molecule has 0 heterocycles. The minimum absolute atomic E-state index is 0.0796. The van der Waals surface area contributed by atoms with E-state index in [4.69, 9.17) is 9.47 Å². The van der Waals surface area contributed by atoms with E-state index in [2.05, 4.69) is 5.32 Å². The molecule has 0 saturated heterocycles. The first kappa shape index (κ1) is 21.2. The molecule has 1 aromatic rings. The molecule has 1 N–H and O–H groups in total. The van der Waals surface area contributed by atoms with E-state index in [1.807, 2.05) is 58.0 Å². The monoisotopic (exact) mass is 349 g/mol. The van der Waals surface area contributed by atoms with Gasteiger partial charge in [-0.25, -0.2) is 4.79 Å². The average molecular weight is 349 g/mol. The number of amides is 1. The largest absolute Gasteiger partial charge is 0.444 e. The Morgan fingerprint density at radius 1 is 1.16 bits per heavy atom. The Morgan fingerprint density at radius 3 is 2.48 bits per heavy atom. The van der Waals surface area contributed by atoms with Crippen molar-refractivity contribution in [2.24, 2.45) is 5.92 Å². The Balaban J connectivity index is 2.08. The fourth-order valence-electron chi connectivity index (χ4n) is 2.23. The second kappa shape index (κ2) is 10.9. The average Bonchev–Trinajstić information content (AvgIpc) is 2.53. The molecule has 25 heavy (non-hydrogen) atoms. The molecule has 0 spiro atoms. The number of hydrogen-bond donors (Lipinski definition) is 1. The van der Waals surface area contributed by atoms with Crippen molar-refractivity contribution in [3.05, 3.63) is 35.9 Å². The highest BCUT2D eigenvalue weighted by Gasteiger charge is 2.17. The second-order valence-corrected chi connectivity index (χ2v) is 7.23. The molecule has 0 aliphatic rings. The molecular weight excluding hydrogens is 318 g/mol. The van der Waals surface area contributed by atoms with Gasteiger partial charge in [-0.3, -0.25) is 4.79 Å². The SMILES string of the molecule is CC(CCNC(=O)OC(C)(C)C)C(=O)CCCOCc1ccccc1. The quantitative estimate of drug-likeness (QED) is 0.646. The maximum Gasteiger partial charge on any atom is 0.407 e. The number of rotatable bonds is 10. The summed E-state index contributed by atoms with van der Waals surface area (Å²) in [5.41, 5.74) is 0.626. The van der Waals surface area contributed by atoms with Crippen LogP contribution >= 0.6 is 0 Å². The summed E-state index contributed by atoms with van der Waals surface area (Å²) >= 11 is 0. The Bertz CT molecular complexity index is 522. The van der Waals surface area contributed by atoms with E-state index in [0.29, 0.717) is 32.6 Å². The number of carbonyl (C=O) groups is 2. The van der Waals surface area contributed by atoms with Crippen LogP contribution in [-0.4, -0.2) is 30.6 Å². The van der Waals surface area contributed by atoms with E-state index >= 15 is 0 Å². The summed E-state index contributed by atoms with van der Waals surface area (Å²) in [5.74, 6) is 0.123. The summed E-state index contributed by atoms with van der Waals surface area (Å²) in [4.78, 5) is 23.6. The van der Waals surface area contributed by atoms with Crippen LogP contribution in [0.25, 0.3) is 0 Å². The van der Waals surface area contributed by atoms with Gasteiger partial charge >= 0.3 is 6.09 Å². The number of benzene rings is 1. The first-order chi connectivity index (χ1) is 11.8. The van der Waals surface area contributed by atoms with Crippen LogP contribution in [0.5, 0.6) is 0 Å². The van der Waals surface area contributed by atoms with Gasteiger partial charge in [0.2, 0.25) is 0 Å². The topological polar surface area (TPSA) is 64.6 Å². The zero-order valence-electron chi connectivity index (χ0n) is 15.8. The molecule has 1 atom stereocenters. The van der Waals surface area contributed by atoms with Crippen molar-refractivity contribution in [1.82, 2.24) is 5.32 Å². The molecule has 0 saturated carbocycles. The summed E-state index contributed by atoms with van der Waals surface area (Å²) < 4.78 is 10.7. The van der Waals surface area contributed by atoms with Crippen molar-refractivity contribution in [1.29, 1.82) is 0 Å². The normalized spacial score (nSPS) is 12.5. The lowest BCUT2D eigenvalue weighted by molar-refractivity contribution is -0.122. The van der Waals surface area contributed by atoms with Crippen molar-refractivity contribution in [3.63, 3.8) is 0 Å².